The van der Waals surface area contributed by atoms with Gasteiger partial charge in [-0.1, -0.05) is 50.4 Å². The minimum absolute atomic E-state index is 0.0535. The molecular formula is C28H25BrCl2N2O3S. The number of benzene rings is 2. The summed E-state index contributed by atoms with van der Waals surface area (Å²) in [7, 11) is 0. The van der Waals surface area contributed by atoms with E-state index in [2.05, 4.69) is 27.2 Å². The number of halogens is 3. The number of hydrogen-bond acceptors (Lipinski definition) is 6. The molecule has 0 unspecified atom stereocenters. The highest BCUT2D eigenvalue weighted by Gasteiger charge is 2.56. The van der Waals surface area contributed by atoms with Gasteiger partial charge in [-0.3, -0.25) is 0 Å². The highest BCUT2D eigenvalue weighted by Crippen LogP contribution is 2.57. The molecule has 7 rings (SSSR count). The molecule has 5 nitrogen and oxygen atoms in total. The van der Waals surface area contributed by atoms with Gasteiger partial charge in [0.2, 0.25) is 0 Å². The molecule has 192 valence electrons. The molecule has 0 amide bonds. The van der Waals surface area contributed by atoms with Gasteiger partial charge >= 0.3 is 0 Å². The molecule has 0 saturated heterocycles. The molecule has 4 atom stereocenters. The van der Waals surface area contributed by atoms with Crippen LogP contribution in [0.1, 0.15) is 60.8 Å². The molecule has 2 heterocycles. The van der Waals surface area contributed by atoms with Crippen molar-refractivity contribution in [1.82, 2.24) is 10.1 Å². The van der Waals surface area contributed by atoms with Crippen LogP contribution in [-0.2, 0) is 16.9 Å². The molecule has 0 aliphatic heterocycles. The lowest BCUT2D eigenvalue weighted by molar-refractivity contribution is -0.116. The first-order chi connectivity index (χ1) is 17.9. The van der Waals surface area contributed by atoms with E-state index in [-0.39, 0.29) is 17.9 Å². The molecular weight excluding hydrogens is 595 g/mol. The average molecular weight is 620 g/mol. The Morgan fingerprint density at radius 1 is 1.08 bits per heavy atom. The topological polar surface area (TPSA) is 68.4 Å². The number of aromatic nitrogens is 2. The molecule has 9 heteroatoms. The summed E-state index contributed by atoms with van der Waals surface area (Å²) in [6, 6.07) is 11.6. The Morgan fingerprint density at radius 3 is 2.51 bits per heavy atom. The third kappa shape index (κ3) is 4.17. The second-order valence-electron chi connectivity index (χ2n) is 10.6. The Bertz CT molecular complexity index is 1470. The number of fused-ring (bicyclic) bond motifs is 3. The SMILES string of the molecule is O[C@]1(c2nc3ccc(Br)cc3s2)[C@@H]2CC[C@H]1C[C@@H](OCc1c(-c3c(Cl)cccc3Cl)noc1C1CC1)C2. The van der Waals surface area contributed by atoms with Crippen LogP contribution in [0.15, 0.2) is 45.4 Å². The zero-order valence-electron chi connectivity index (χ0n) is 19.9. The fourth-order valence-electron chi connectivity index (χ4n) is 6.31. The van der Waals surface area contributed by atoms with Gasteiger partial charge in [-0.05, 0) is 80.7 Å². The number of nitrogens with zero attached hydrogens (tertiary/aromatic N) is 2. The molecule has 3 saturated carbocycles. The van der Waals surface area contributed by atoms with Crippen LogP contribution < -0.4 is 0 Å². The first-order valence-electron chi connectivity index (χ1n) is 12.7. The third-order valence-electron chi connectivity index (χ3n) is 8.33. The fraction of sp³-hybridized carbons (Fsp3) is 0.429. The van der Waals surface area contributed by atoms with E-state index in [1.807, 2.05) is 30.3 Å². The predicted molar refractivity (Wildman–Crippen MR) is 149 cm³/mol. The minimum Gasteiger partial charge on any atom is -0.382 e. The maximum absolute atomic E-state index is 12.0. The van der Waals surface area contributed by atoms with Gasteiger partial charge in [-0.15, -0.1) is 11.3 Å². The van der Waals surface area contributed by atoms with E-state index in [0.717, 1.165) is 69.5 Å². The van der Waals surface area contributed by atoms with Crippen LogP contribution in [0.3, 0.4) is 0 Å². The molecule has 0 spiro atoms. The van der Waals surface area contributed by atoms with Crippen LogP contribution in [0.25, 0.3) is 21.5 Å². The van der Waals surface area contributed by atoms with E-state index in [1.165, 1.54) is 0 Å². The van der Waals surface area contributed by atoms with Crippen molar-refractivity contribution in [2.75, 3.05) is 0 Å². The molecule has 3 aliphatic carbocycles. The van der Waals surface area contributed by atoms with Crippen molar-refractivity contribution >= 4 is 60.7 Å². The third-order valence-corrected chi connectivity index (χ3v) is 10.6. The summed E-state index contributed by atoms with van der Waals surface area (Å²) < 4.78 is 14.5. The van der Waals surface area contributed by atoms with Gasteiger partial charge in [0.15, 0.2) is 0 Å². The van der Waals surface area contributed by atoms with E-state index in [4.69, 9.17) is 37.4 Å². The van der Waals surface area contributed by atoms with Crippen LogP contribution >= 0.6 is 50.5 Å². The summed E-state index contributed by atoms with van der Waals surface area (Å²) in [5.74, 6) is 1.53. The number of hydrogen-bond donors (Lipinski definition) is 1. The zero-order chi connectivity index (χ0) is 25.3. The van der Waals surface area contributed by atoms with Crippen molar-refractivity contribution in [3.8, 4) is 11.3 Å². The summed E-state index contributed by atoms with van der Waals surface area (Å²) in [5, 5.41) is 18.3. The Kier molecular flexibility index (Phi) is 6.18. The van der Waals surface area contributed by atoms with Crippen molar-refractivity contribution in [1.29, 1.82) is 0 Å². The summed E-state index contributed by atoms with van der Waals surface area (Å²) in [6.07, 6.45) is 5.83. The van der Waals surface area contributed by atoms with Crippen LogP contribution in [0.4, 0.5) is 0 Å². The maximum Gasteiger partial charge on any atom is 0.145 e. The van der Waals surface area contributed by atoms with Gasteiger partial charge in [-0.2, -0.15) is 0 Å². The number of thiazole rings is 1. The summed E-state index contributed by atoms with van der Waals surface area (Å²) in [4.78, 5) is 4.86. The Morgan fingerprint density at radius 2 is 1.81 bits per heavy atom. The minimum atomic E-state index is -0.886. The maximum atomic E-state index is 12.0. The lowest BCUT2D eigenvalue weighted by Crippen LogP contribution is -2.44. The van der Waals surface area contributed by atoms with E-state index in [0.29, 0.717) is 33.8 Å². The van der Waals surface area contributed by atoms with E-state index in [1.54, 1.807) is 11.3 Å². The van der Waals surface area contributed by atoms with Crippen LogP contribution in [0.5, 0.6) is 0 Å². The Labute approximate surface area is 237 Å². The van der Waals surface area contributed by atoms with E-state index in [9.17, 15) is 5.11 Å². The van der Waals surface area contributed by atoms with Crippen molar-refractivity contribution in [3.05, 3.63) is 67.2 Å². The van der Waals surface area contributed by atoms with Crippen LogP contribution in [0.2, 0.25) is 10.0 Å². The first-order valence-corrected chi connectivity index (χ1v) is 15.1. The van der Waals surface area contributed by atoms with Crippen molar-refractivity contribution < 1.29 is 14.4 Å². The van der Waals surface area contributed by atoms with E-state index < -0.39 is 5.60 Å². The van der Waals surface area contributed by atoms with Gasteiger partial charge in [0.25, 0.3) is 0 Å². The van der Waals surface area contributed by atoms with Gasteiger partial charge in [0.1, 0.15) is 22.1 Å². The molecule has 37 heavy (non-hydrogen) atoms. The van der Waals surface area contributed by atoms with Gasteiger partial charge in [0, 0.05) is 21.5 Å². The normalized spacial score (nSPS) is 27.3. The predicted octanol–water partition coefficient (Wildman–Crippen LogP) is 8.49. The molecule has 2 aromatic heterocycles. The molecule has 0 radical (unpaired) electrons. The molecule has 3 aliphatic rings. The zero-order valence-corrected chi connectivity index (χ0v) is 23.8. The number of ether oxygens (including phenoxy) is 1. The second kappa shape index (κ2) is 9.32. The van der Waals surface area contributed by atoms with Gasteiger partial charge in [-0.25, -0.2) is 4.98 Å². The highest BCUT2D eigenvalue weighted by molar-refractivity contribution is 9.10. The molecule has 3 fully saturated rings. The second-order valence-corrected chi connectivity index (χ2v) is 13.3. The Hall–Kier alpha value is -1.48. The molecule has 4 aromatic rings. The van der Waals surface area contributed by atoms with Gasteiger partial charge in [0.05, 0.1) is 33.0 Å². The average Bonchev–Trinajstić information content (AvgIpc) is 3.46. The lowest BCUT2D eigenvalue weighted by atomic mass is 9.73. The summed E-state index contributed by atoms with van der Waals surface area (Å²) in [6.45, 7) is 0.393. The quantitative estimate of drug-likeness (QED) is 0.234. The smallest absolute Gasteiger partial charge is 0.145 e. The fourth-order valence-corrected chi connectivity index (χ4v) is 8.65. The van der Waals surface area contributed by atoms with Crippen molar-refractivity contribution in [2.24, 2.45) is 11.8 Å². The first kappa shape index (κ1) is 24.6. The number of rotatable bonds is 6. The highest BCUT2D eigenvalue weighted by atomic mass is 79.9. The van der Waals surface area contributed by atoms with Crippen molar-refractivity contribution in [2.45, 2.75) is 62.8 Å². The van der Waals surface area contributed by atoms with Gasteiger partial charge < -0.3 is 14.4 Å². The number of aliphatic hydroxyl groups is 1. The monoisotopic (exact) mass is 618 g/mol. The Balaban J connectivity index is 1.13. The van der Waals surface area contributed by atoms with Crippen molar-refractivity contribution in [3.63, 3.8) is 0 Å². The van der Waals surface area contributed by atoms with Crippen LogP contribution in [-0.4, -0.2) is 21.4 Å². The molecule has 1 N–H and O–H groups in total. The summed E-state index contributed by atoms with van der Waals surface area (Å²) >= 11 is 18.2. The van der Waals surface area contributed by atoms with Crippen LogP contribution in [0, 0.1) is 11.8 Å². The largest absolute Gasteiger partial charge is 0.382 e. The molecule has 2 aromatic carbocycles. The summed E-state index contributed by atoms with van der Waals surface area (Å²) in [5.41, 5.74) is 2.37. The molecule has 2 bridgehead atoms. The standard InChI is InChI=1S/C28H25BrCl2N2O3S/c29-17-8-9-22-23(12-17)37-27(32-22)28(34)15-6-7-16(28)11-18(10-15)35-13-19-25(33-36-26(19)14-4-5-14)24-20(30)2-1-3-21(24)31/h1-3,8-9,12,14-16,18,34H,4-7,10-11,13H2/t15-,16+,18+,28-. The lowest BCUT2D eigenvalue weighted by Gasteiger charge is -2.41. The van der Waals surface area contributed by atoms with E-state index >= 15 is 0 Å².